The first-order valence-electron chi connectivity index (χ1n) is 8.36. The first kappa shape index (κ1) is 18.4. The molecule has 1 unspecified atom stereocenters. The number of unbranched alkanes of at least 4 members (excludes halogenated alkanes) is 1. The van der Waals surface area contributed by atoms with Gasteiger partial charge in [0.1, 0.15) is 0 Å². The lowest BCUT2D eigenvalue weighted by atomic mass is 10.0. The molecule has 0 saturated carbocycles. The van der Waals surface area contributed by atoms with Crippen molar-refractivity contribution >= 4 is 17.6 Å². The Hall–Kier alpha value is -2.95. The van der Waals surface area contributed by atoms with Gasteiger partial charge in [0.05, 0.1) is 0 Å². The molecule has 1 atom stereocenters. The minimum absolute atomic E-state index is 0.381. The predicted octanol–water partition coefficient (Wildman–Crippen LogP) is 2.58. The molecule has 0 spiro atoms. The molecule has 0 aliphatic rings. The molecular weight excluding hydrogens is 316 g/mol. The number of hydrogen-bond donors (Lipinski definition) is 2. The summed E-state index contributed by atoms with van der Waals surface area (Å²) in [4.78, 5) is 37.5. The minimum Gasteiger partial charge on any atom is -0.354 e. The normalized spacial score (nSPS) is 11.4. The average molecular weight is 338 g/mol. The molecule has 5 heteroatoms. The zero-order chi connectivity index (χ0) is 18.1. The maximum Gasteiger partial charge on any atom is 0.252 e. The van der Waals surface area contributed by atoms with Crippen LogP contribution in [0.1, 0.15) is 40.5 Å². The standard InChI is InChI=1S/C20H22N2O3/c1-2-3-14-21-20(25)17(18(23)15-10-6-4-7-11-15)22-19(24)16-12-8-5-9-13-16/h4-13,17H,2-3,14H2,1H3,(H,21,25)(H,22,24). The monoisotopic (exact) mass is 338 g/mol. The summed E-state index contributed by atoms with van der Waals surface area (Å²) in [6, 6.07) is 15.7. The van der Waals surface area contributed by atoms with E-state index in [4.69, 9.17) is 0 Å². The zero-order valence-electron chi connectivity index (χ0n) is 14.2. The summed E-state index contributed by atoms with van der Waals surface area (Å²) in [6.07, 6.45) is 1.73. The summed E-state index contributed by atoms with van der Waals surface area (Å²) in [6.45, 7) is 2.48. The van der Waals surface area contributed by atoms with Crippen molar-refractivity contribution in [2.75, 3.05) is 6.54 Å². The van der Waals surface area contributed by atoms with Gasteiger partial charge in [0.15, 0.2) is 11.8 Å². The number of benzene rings is 2. The summed E-state index contributed by atoms with van der Waals surface area (Å²) in [5.74, 6) is -1.38. The van der Waals surface area contributed by atoms with Gasteiger partial charge in [0.2, 0.25) is 0 Å². The number of Topliss-reactive ketones (excluding diaryl/α,β-unsaturated/α-hetero) is 1. The van der Waals surface area contributed by atoms with Crippen LogP contribution in [0, 0.1) is 0 Å². The fourth-order valence-electron chi connectivity index (χ4n) is 2.31. The maximum absolute atomic E-state index is 12.7. The fraction of sp³-hybridized carbons (Fsp3) is 0.250. The van der Waals surface area contributed by atoms with Crippen LogP contribution in [0.3, 0.4) is 0 Å². The van der Waals surface area contributed by atoms with Gasteiger partial charge in [-0.1, -0.05) is 61.9 Å². The van der Waals surface area contributed by atoms with Crippen molar-refractivity contribution in [3.05, 3.63) is 71.8 Å². The van der Waals surface area contributed by atoms with E-state index in [1.165, 1.54) is 0 Å². The summed E-state index contributed by atoms with van der Waals surface area (Å²) >= 11 is 0. The van der Waals surface area contributed by atoms with Crippen molar-refractivity contribution in [2.24, 2.45) is 0 Å². The van der Waals surface area contributed by atoms with Crippen molar-refractivity contribution in [1.29, 1.82) is 0 Å². The Labute approximate surface area is 147 Å². The molecular formula is C20H22N2O3. The van der Waals surface area contributed by atoms with Gasteiger partial charge in [-0.05, 0) is 18.6 Å². The van der Waals surface area contributed by atoms with Gasteiger partial charge in [-0.3, -0.25) is 14.4 Å². The number of nitrogens with one attached hydrogen (secondary N) is 2. The average Bonchev–Trinajstić information content (AvgIpc) is 2.67. The third-order valence-corrected chi connectivity index (χ3v) is 3.72. The van der Waals surface area contributed by atoms with Gasteiger partial charge in [0.25, 0.3) is 11.8 Å². The molecule has 5 nitrogen and oxygen atoms in total. The van der Waals surface area contributed by atoms with E-state index in [2.05, 4.69) is 10.6 Å². The third-order valence-electron chi connectivity index (χ3n) is 3.72. The van der Waals surface area contributed by atoms with E-state index in [1.54, 1.807) is 60.7 Å². The van der Waals surface area contributed by atoms with Gasteiger partial charge in [-0.25, -0.2) is 0 Å². The largest absolute Gasteiger partial charge is 0.354 e. The van der Waals surface area contributed by atoms with Crippen LogP contribution in [0.25, 0.3) is 0 Å². The maximum atomic E-state index is 12.7. The van der Waals surface area contributed by atoms with E-state index in [0.717, 1.165) is 12.8 Å². The van der Waals surface area contributed by atoms with Crippen LogP contribution < -0.4 is 10.6 Å². The highest BCUT2D eigenvalue weighted by atomic mass is 16.2. The zero-order valence-corrected chi connectivity index (χ0v) is 14.2. The van der Waals surface area contributed by atoms with E-state index >= 15 is 0 Å². The molecule has 0 aromatic heterocycles. The van der Waals surface area contributed by atoms with Crippen molar-refractivity contribution in [1.82, 2.24) is 10.6 Å². The molecule has 2 aromatic carbocycles. The van der Waals surface area contributed by atoms with Gasteiger partial charge in [0, 0.05) is 17.7 Å². The Morgan fingerprint density at radius 3 is 2.00 bits per heavy atom. The smallest absolute Gasteiger partial charge is 0.252 e. The summed E-state index contributed by atoms with van der Waals surface area (Å²) in [5, 5.41) is 5.27. The number of carbonyl (C=O) groups is 3. The number of amides is 2. The Morgan fingerprint density at radius 1 is 0.880 bits per heavy atom. The molecule has 0 radical (unpaired) electrons. The number of carbonyl (C=O) groups excluding carboxylic acids is 3. The molecule has 0 heterocycles. The quantitative estimate of drug-likeness (QED) is 0.441. The number of ketones is 1. The van der Waals surface area contributed by atoms with Gasteiger partial charge in [-0.2, -0.15) is 0 Å². The van der Waals surface area contributed by atoms with E-state index in [-0.39, 0.29) is 0 Å². The Kier molecular flexibility index (Phi) is 6.89. The van der Waals surface area contributed by atoms with Crippen molar-refractivity contribution in [2.45, 2.75) is 25.8 Å². The topological polar surface area (TPSA) is 75.3 Å². The van der Waals surface area contributed by atoms with E-state index in [9.17, 15) is 14.4 Å². The summed E-state index contributed by atoms with van der Waals surface area (Å²) in [5.41, 5.74) is 0.779. The lowest BCUT2D eigenvalue weighted by molar-refractivity contribution is -0.121. The van der Waals surface area contributed by atoms with Gasteiger partial charge in [-0.15, -0.1) is 0 Å². The highest BCUT2D eigenvalue weighted by molar-refractivity contribution is 6.16. The number of rotatable bonds is 8. The molecule has 25 heavy (non-hydrogen) atoms. The summed E-state index contributed by atoms with van der Waals surface area (Å²) in [7, 11) is 0. The second-order valence-corrected chi connectivity index (χ2v) is 5.65. The second kappa shape index (κ2) is 9.37. The van der Waals surface area contributed by atoms with E-state index < -0.39 is 23.6 Å². The fourth-order valence-corrected chi connectivity index (χ4v) is 2.31. The molecule has 2 rings (SSSR count). The third kappa shape index (κ3) is 5.28. The molecule has 0 saturated heterocycles. The van der Waals surface area contributed by atoms with Crippen LogP contribution in [-0.4, -0.2) is 30.2 Å². The molecule has 130 valence electrons. The van der Waals surface area contributed by atoms with Crippen LogP contribution in [0.15, 0.2) is 60.7 Å². The van der Waals surface area contributed by atoms with Crippen LogP contribution in [0.2, 0.25) is 0 Å². The second-order valence-electron chi connectivity index (χ2n) is 5.65. The van der Waals surface area contributed by atoms with Crippen molar-refractivity contribution in [3.8, 4) is 0 Å². The van der Waals surface area contributed by atoms with E-state index in [0.29, 0.717) is 17.7 Å². The molecule has 2 amide bonds. The van der Waals surface area contributed by atoms with Crippen LogP contribution in [0.5, 0.6) is 0 Å². The van der Waals surface area contributed by atoms with Crippen LogP contribution in [0.4, 0.5) is 0 Å². The lowest BCUT2D eigenvalue weighted by Crippen LogP contribution is -2.51. The summed E-state index contributed by atoms with van der Waals surface area (Å²) < 4.78 is 0. The van der Waals surface area contributed by atoms with Crippen LogP contribution in [-0.2, 0) is 4.79 Å². The Balaban J connectivity index is 2.18. The SMILES string of the molecule is CCCCNC(=O)C(NC(=O)c1ccccc1)C(=O)c1ccccc1. The van der Waals surface area contributed by atoms with Gasteiger partial charge < -0.3 is 10.6 Å². The molecule has 0 aliphatic heterocycles. The molecule has 2 aromatic rings. The highest BCUT2D eigenvalue weighted by Crippen LogP contribution is 2.06. The lowest BCUT2D eigenvalue weighted by Gasteiger charge is -2.17. The molecule has 0 fully saturated rings. The predicted molar refractivity (Wildman–Crippen MR) is 96.4 cm³/mol. The van der Waals surface area contributed by atoms with Crippen molar-refractivity contribution in [3.63, 3.8) is 0 Å². The van der Waals surface area contributed by atoms with Crippen molar-refractivity contribution < 1.29 is 14.4 Å². The van der Waals surface area contributed by atoms with Crippen LogP contribution >= 0.6 is 0 Å². The molecule has 0 bridgehead atoms. The number of hydrogen-bond acceptors (Lipinski definition) is 3. The van der Waals surface area contributed by atoms with E-state index in [1.807, 2.05) is 6.92 Å². The Morgan fingerprint density at radius 2 is 1.44 bits per heavy atom. The van der Waals surface area contributed by atoms with Gasteiger partial charge >= 0.3 is 0 Å². The highest BCUT2D eigenvalue weighted by Gasteiger charge is 2.29. The first-order chi connectivity index (χ1) is 12.1. The first-order valence-corrected chi connectivity index (χ1v) is 8.36. The minimum atomic E-state index is -1.26. The molecule has 2 N–H and O–H groups in total. The Bertz CT molecular complexity index is 714. The molecule has 0 aliphatic carbocycles.